The van der Waals surface area contributed by atoms with Crippen LogP contribution in [0.15, 0.2) is 59.0 Å². The van der Waals surface area contributed by atoms with E-state index in [0.717, 1.165) is 27.8 Å². The van der Waals surface area contributed by atoms with Gasteiger partial charge in [-0.1, -0.05) is 35.4 Å². The number of oxazole rings is 1. The number of carbonyl (C=O) groups is 1. The third kappa shape index (κ3) is 3.51. The van der Waals surface area contributed by atoms with E-state index in [1.54, 1.807) is 24.3 Å². The van der Waals surface area contributed by atoms with Gasteiger partial charge in [-0.25, -0.2) is 4.98 Å². The Bertz CT molecular complexity index is 1210. The maximum atomic E-state index is 12.5. The number of hydrogen-bond donors (Lipinski definition) is 1. The summed E-state index contributed by atoms with van der Waals surface area (Å²) in [6.45, 7) is 5.97. The summed E-state index contributed by atoms with van der Waals surface area (Å²) in [5.74, 6) is 0.251. The van der Waals surface area contributed by atoms with Crippen LogP contribution in [0.5, 0.6) is 0 Å². The van der Waals surface area contributed by atoms with Crippen molar-refractivity contribution in [3.05, 3.63) is 81.9 Å². The molecule has 0 aliphatic rings. The maximum absolute atomic E-state index is 12.5. The molecule has 3 aromatic carbocycles. The highest BCUT2D eigenvalue weighted by Gasteiger charge is 2.15. The molecule has 0 unspecified atom stereocenters. The molecule has 1 aromatic heterocycles. The standard InChI is InChI=1S/C23H19ClN2O2/c1-13-5-4-6-16(10-13)22(27)25-17-7-8-19(24)18(12-17)23-26-20-11-14(2)9-15(3)21(20)28-23/h4-12H,1-3H3,(H,25,27). The number of hydrogen-bond acceptors (Lipinski definition) is 3. The van der Waals surface area contributed by atoms with Gasteiger partial charge in [0.05, 0.1) is 10.6 Å². The Balaban J connectivity index is 1.70. The fraction of sp³-hybridized carbons (Fsp3) is 0.130. The van der Waals surface area contributed by atoms with Crippen molar-refractivity contribution in [3.63, 3.8) is 0 Å². The lowest BCUT2D eigenvalue weighted by Crippen LogP contribution is -2.12. The van der Waals surface area contributed by atoms with Gasteiger partial charge in [0.15, 0.2) is 5.58 Å². The Kier molecular flexibility index (Phi) is 4.65. The first-order valence-corrected chi connectivity index (χ1v) is 9.34. The number of aromatic nitrogens is 1. The van der Waals surface area contributed by atoms with Gasteiger partial charge < -0.3 is 9.73 Å². The summed E-state index contributed by atoms with van der Waals surface area (Å²) in [5, 5.41) is 3.42. The second-order valence-corrected chi connectivity index (χ2v) is 7.37. The highest BCUT2D eigenvalue weighted by molar-refractivity contribution is 6.33. The molecule has 4 nitrogen and oxygen atoms in total. The minimum Gasteiger partial charge on any atom is -0.436 e. The topological polar surface area (TPSA) is 55.1 Å². The van der Waals surface area contributed by atoms with Gasteiger partial charge in [-0.3, -0.25) is 4.79 Å². The zero-order valence-electron chi connectivity index (χ0n) is 15.8. The zero-order chi connectivity index (χ0) is 19.8. The highest BCUT2D eigenvalue weighted by atomic mass is 35.5. The molecule has 0 fully saturated rings. The number of halogens is 1. The van der Waals surface area contributed by atoms with Gasteiger partial charge in [0.25, 0.3) is 5.91 Å². The van der Waals surface area contributed by atoms with Crippen molar-refractivity contribution in [2.24, 2.45) is 0 Å². The molecule has 0 saturated heterocycles. The number of rotatable bonds is 3. The second kappa shape index (κ2) is 7.13. The molecule has 0 atom stereocenters. The summed E-state index contributed by atoms with van der Waals surface area (Å²) < 4.78 is 5.97. The summed E-state index contributed by atoms with van der Waals surface area (Å²) in [5.41, 5.74) is 6.57. The summed E-state index contributed by atoms with van der Waals surface area (Å²) in [6, 6.07) is 16.7. The molecule has 140 valence electrons. The quantitative estimate of drug-likeness (QED) is 0.445. The van der Waals surface area contributed by atoms with Crippen LogP contribution < -0.4 is 5.32 Å². The average Bonchev–Trinajstić information content (AvgIpc) is 3.07. The largest absolute Gasteiger partial charge is 0.436 e. The van der Waals surface area contributed by atoms with Crippen molar-refractivity contribution < 1.29 is 9.21 Å². The predicted molar refractivity (Wildman–Crippen MR) is 113 cm³/mol. The zero-order valence-corrected chi connectivity index (χ0v) is 16.6. The van der Waals surface area contributed by atoms with Gasteiger partial charge in [-0.05, 0) is 68.3 Å². The fourth-order valence-corrected chi connectivity index (χ4v) is 3.45. The van der Waals surface area contributed by atoms with Crippen molar-refractivity contribution in [2.45, 2.75) is 20.8 Å². The van der Waals surface area contributed by atoms with Crippen molar-refractivity contribution >= 4 is 34.3 Å². The SMILES string of the molecule is Cc1cccc(C(=O)Nc2ccc(Cl)c(-c3nc4cc(C)cc(C)c4o3)c2)c1. The van der Waals surface area contributed by atoms with Crippen molar-refractivity contribution in [1.82, 2.24) is 4.98 Å². The molecule has 1 amide bonds. The molecule has 4 rings (SSSR count). The number of anilines is 1. The Hall–Kier alpha value is -3.11. The summed E-state index contributed by atoms with van der Waals surface area (Å²) in [7, 11) is 0. The minimum atomic E-state index is -0.180. The molecule has 0 radical (unpaired) electrons. The van der Waals surface area contributed by atoms with E-state index in [1.165, 1.54) is 0 Å². The van der Waals surface area contributed by atoms with Gasteiger partial charge >= 0.3 is 0 Å². The molecule has 1 heterocycles. The first kappa shape index (κ1) is 18.3. The van der Waals surface area contributed by atoms with Crippen LogP contribution in [0.25, 0.3) is 22.6 Å². The number of aryl methyl sites for hydroxylation is 3. The Labute approximate surface area is 168 Å². The number of nitrogens with one attached hydrogen (secondary N) is 1. The molecule has 5 heteroatoms. The molecule has 0 saturated carbocycles. The van der Waals surface area contributed by atoms with E-state index >= 15 is 0 Å². The monoisotopic (exact) mass is 390 g/mol. The lowest BCUT2D eigenvalue weighted by Gasteiger charge is -2.08. The van der Waals surface area contributed by atoms with Crippen molar-refractivity contribution in [2.75, 3.05) is 5.32 Å². The fourth-order valence-electron chi connectivity index (χ4n) is 3.25. The Morgan fingerprint density at radius 1 is 1.00 bits per heavy atom. The van der Waals surface area contributed by atoms with Crippen LogP contribution in [0.1, 0.15) is 27.0 Å². The first-order chi connectivity index (χ1) is 13.4. The van der Waals surface area contributed by atoms with Gasteiger partial charge in [0.1, 0.15) is 5.52 Å². The molecule has 0 aliphatic heterocycles. The number of fused-ring (bicyclic) bond motifs is 1. The lowest BCUT2D eigenvalue weighted by molar-refractivity contribution is 0.102. The Morgan fingerprint density at radius 2 is 1.82 bits per heavy atom. The third-order valence-electron chi connectivity index (χ3n) is 4.55. The summed E-state index contributed by atoms with van der Waals surface area (Å²) in [6.07, 6.45) is 0. The number of amides is 1. The van der Waals surface area contributed by atoms with E-state index in [4.69, 9.17) is 16.0 Å². The van der Waals surface area contributed by atoms with Crippen LogP contribution in [0.3, 0.4) is 0 Å². The number of nitrogens with zero attached hydrogens (tertiary/aromatic N) is 1. The molecule has 0 aliphatic carbocycles. The van der Waals surface area contributed by atoms with Gasteiger partial charge in [0, 0.05) is 11.3 Å². The average molecular weight is 391 g/mol. The molecular weight excluding hydrogens is 372 g/mol. The molecular formula is C23H19ClN2O2. The predicted octanol–water partition coefficient (Wildman–Crippen LogP) is 6.33. The molecule has 1 N–H and O–H groups in total. The van der Waals surface area contributed by atoms with Gasteiger partial charge in [-0.2, -0.15) is 0 Å². The lowest BCUT2D eigenvalue weighted by atomic mass is 10.1. The normalized spacial score (nSPS) is 11.0. The van der Waals surface area contributed by atoms with E-state index in [0.29, 0.717) is 27.7 Å². The van der Waals surface area contributed by atoms with Crippen LogP contribution >= 0.6 is 11.6 Å². The van der Waals surface area contributed by atoms with Crippen LogP contribution in [-0.4, -0.2) is 10.9 Å². The highest BCUT2D eigenvalue weighted by Crippen LogP contribution is 2.33. The van der Waals surface area contributed by atoms with E-state index < -0.39 is 0 Å². The Morgan fingerprint density at radius 3 is 2.61 bits per heavy atom. The second-order valence-electron chi connectivity index (χ2n) is 6.97. The first-order valence-electron chi connectivity index (χ1n) is 8.96. The minimum absolute atomic E-state index is 0.180. The van der Waals surface area contributed by atoms with Crippen LogP contribution in [0.4, 0.5) is 5.69 Å². The van der Waals surface area contributed by atoms with E-state index in [2.05, 4.69) is 16.4 Å². The van der Waals surface area contributed by atoms with E-state index in [1.807, 2.05) is 45.0 Å². The summed E-state index contributed by atoms with van der Waals surface area (Å²) >= 11 is 6.39. The summed E-state index contributed by atoms with van der Waals surface area (Å²) in [4.78, 5) is 17.1. The van der Waals surface area contributed by atoms with Crippen molar-refractivity contribution in [1.29, 1.82) is 0 Å². The van der Waals surface area contributed by atoms with Gasteiger partial charge in [-0.15, -0.1) is 0 Å². The molecule has 4 aromatic rings. The number of benzene rings is 3. The van der Waals surface area contributed by atoms with Crippen LogP contribution in [0.2, 0.25) is 5.02 Å². The van der Waals surface area contributed by atoms with Crippen molar-refractivity contribution in [3.8, 4) is 11.5 Å². The molecule has 28 heavy (non-hydrogen) atoms. The smallest absolute Gasteiger partial charge is 0.255 e. The maximum Gasteiger partial charge on any atom is 0.255 e. The van der Waals surface area contributed by atoms with Crippen LogP contribution in [-0.2, 0) is 0 Å². The molecule has 0 spiro atoms. The number of carbonyl (C=O) groups excluding carboxylic acids is 1. The molecule has 0 bridgehead atoms. The van der Waals surface area contributed by atoms with Gasteiger partial charge in [0.2, 0.25) is 5.89 Å². The van der Waals surface area contributed by atoms with Crippen LogP contribution in [0, 0.1) is 20.8 Å². The van der Waals surface area contributed by atoms with E-state index in [9.17, 15) is 4.79 Å². The van der Waals surface area contributed by atoms with E-state index in [-0.39, 0.29) is 5.91 Å². The third-order valence-corrected chi connectivity index (χ3v) is 4.88.